The fourth-order valence-electron chi connectivity index (χ4n) is 3.93. The Labute approximate surface area is 167 Å². The maximum absolute atomic E-state index is 14.0. The third-order valence-electron chi connectivity index (χ3n) is 5.73. The summed E-state index contributed by atoms with van der Waals surface area (Å²) in [5, 5.41) is 0. The van der Waals surface area contributed by atoms with E-state index in [0.29, 0.717) is 23.7 Å². The number of nitrogen functional groups attached to an aromatic ring is 1. The standard InChI is InChI=1S/C23H20F2N4/c24-18-6-2-5-17(19(18)25)13-14-7-9-15(10-8-14)20-21-22(26)27-11-12-29(21)23(28-20)16-3-1-4-16/h2,5-12,16H,1,3-4,13H2,(H2,26,27). The van der Waals surface area contributed by atoms with Crippen molar-refractivity contribution in [1.82, 2.24) is 14.4 Å². The number of benzene rings is 2. The molecular formula is C23H20F2N4. The number of imidazole rings is 1. The molecule has 0 radical (unpaired) electrons. The Hall–Kier alpha value is -3.28. The molecule has 0 aliphatic heterocycles. The predicted octanol–water partition coefficient (Wildman–Crippen LogP) is 5.12. The zero-order chi connectivity index (χ0) is 20.0. The number of rotatable bonds is 4. The van der Waals surface area contributed by atoms with Crippen LogP contribution in [0.15, 0.2) is 54.9 Å². The highest BCUT2D eigenvalue weighted by molar-refractivity contribution is 5.85. The summed E-state index contributed by atoms with van der Waals surface area (Å²) >= 11 is 0. The summed E-state index contributed by atoms with van der Waals surface area (Å²) in [6, 6.07) is 12.0. The van der Waals surface area contributed by atoms with Crippen molar-refractivity contribution in [3.8, 4) is 11.3 Å². The molecule has 1 saturated carbocycles. The first-order valence-corrected chi connectivity index (χ1v) is 9.76. The first kappa shape index (κ1) is 17.8. The summed E-state index contributed by atoms with van der Waals surface area (Å²) < 4.78 is 29.5. The number of nitrogens with zero attached hydrogens (tertiary/aromatic N) is 3. The van der Waals surface area contributed by atoms with Gasteiger partial charge in [-0.2, -0.15) is 0 Å². The Bertz CT molecular complexity index is 1190. The maximum atomic E-state index is 14.0. The molecule has 1 aliphatic carbocycles. The number of nitrogens with two attached hydrogens (primary N) is 1. The number of halogens is 2. The van der Waals surface area contributed by atoms with Gasteiger partial charge in [-0.05, 0) is 30.0 Å². The molecule has 4 aromatic rings. The van der Waals surface area contributed by atoms with Gasteiger partial charge >= 0.3 is 0 Å². The first-order chi connectivity index (χ1) is 14.1. The van der Waals surface area contributed by atoms with Crippen LogP contribution in [0.3, 0.4) is 0 Å². The second kappa shape index (κ2) is 6.95. The van der Waals surface area contributed by atoms with Crippen LogP contribution in [0.25, 0.3) is 16.8 Å². The minimum atomic E-state index is -0.824. The number of hydrogen-bond donors (Lipinski definition) is 1. The van der Waals surface area contributed by atoms with Crippen LogP contribution in [0.5, 0.6) is 0 Å². The average molecular weight is 390 g/mol. The molecule has 2 heterocycles. The topological polar surface area (TPSA) is 56.2 Å². The molecule has 29 heavy (non-hydrogen) atoms. The van der Waals surface area contributed by atoms with E-state index in [1.54, 1.807) is 12.3 Å². The van der Waals surface area contributed by atoms with E-state index in [4.69, 9.17) is 10.7 Å². The molecule has 2 N–H and O–H groups in total. The highest BCUT2D eigenvalue weighted by Gasteiger charge is 2.26. The predicted molar refractivity (Wildman–Crippen MR) is 109 cm³/mol. The van der Waals surface area contributed by atoms with Gasteiger partial charge in [0, 0.05) is 30.3 Å². The number of anilines is 1. The van der Waals surface area contributed by atoms with Crippen LogP contribution in [0, 0.1) is 11.6 Å². The molecule has 4 nitrogen and oxygen atoms in total. The van der Waals surface area contributed by atoms with E-state index in [1.807, 2.05) is 30.5 Å². The van der Waals surface area contributed by atoms with Crippen molar-refractivity contribution in [3.05, 3.63) is 83.4 Å². The van der Waals surface area contributed by atoms with Gasteiger partial charge in [0.2, 0.25) is 0 Å². The van der Waals surface area contributed by atoms with E-state index in [1.165, 1.54) is 12.5 Å². The molecule has 6 heteroatoms. The van der Waals surface area contributed by atoms with Gasteiger partial charge in [-0.15, -0.1) is 0 Å². The lowest BCUT2D eigenvalue weighted by molar-refractivity contribution is 0.400. The van der Waals surface area contributed by atoms with Crippen molar-refractivity contribution in [3.63, 3.8) is 0 Å². The SMILES string of the molecule is Nc1nccn2c(C3CCC3)nc(-c3ccc(Cc4cccc(F)c4F)cc3)c12. The van der Waals surface area contributed by atoms with Crippen molar-refractivity contribution in [2.45, 2.75) is 31.6 Å². The second-order valence-electron chi connectivity index (χ2n) is 7.56. The molecule has 0 bridgehead atoms. The molecule has 0 spiro atoms. The first-order valence-electron chi connectivity index (χ1n) is 9.76. The summed E-state index contributed by atoms with van der Waals surface area (Å²) in [4.78, 5) is 9.16. The van der Waals surface area contributed by atoms with Gasteiger partial charge in [0.15, 0.2) is 11.6 Å². The summed E-state index contributed by atoms with van der Waals surface area (Å²) in [6.45, 7) is 0. The Morgan fingerprint density at radius 3 is 2.59 bits per heavy atom. The van der Waals surface area contributed by atoms with E-state index < -0.39 is 11.6 Å². The lowest BCUT2D eigenvalue weighted by atomic mass is 9.85. The minimum Gasteiger partial charge on any atom is -0.382 e. The number of hydrogen-bond acceptors (Lipinski definition) is 3. The minimum absolute atomic E-state index is 0.324. The van der Waals surface area contributed by atoms with Gasteiger partial charge < -0.3 is 5.73 Å². The maximum Gasteiger partial charge on any atom is 0.162 e. The van der Waals surface area contributed by atoms with Gasteiger partial charge in [-0.3, -0.25) is 4.40 Å². The van der Waals surface area contributed by atoms with E-state index >= 15 is 0 Å². The fourth-order valence-corrected chi connectivity index (χ4v) is 3.93. The fraction of sp³-hybridized carbons (Fsp3) is 0.217. The van der Waals surface area contributed by atoms with Gasteiger partial charge in [-0.1, -0.05) is 42.8 Å². The van der Waals surface area contributed by atoms with E-state index in [0.717, 1.165) is 47.1 Å². The van der Waals surface area contributed by atoms with Gasteiger partial charge in [0.1, 0.15) is 22.9 Å². The monoisotopic (exact) mass is 390 g/mol. The van der Waals surface area contributed by atoms with Crippen molar-refractivity contribution in [2.24, 2.45) is 0 Å². The molecule has 0 atom stereocenters. The lowest BCUT2D eigenvalue weighted by Crippen LogP contribution is -2.12. The van der Waals surface area contributed by atoms with Gasteiger partial charge in [0.25, 0.3) is 0 Å². The van der Waals surface area contributed by atoms with Crippen LogP contribution in [0.2, 0.25) is 0 Å². The van der Waals surface area contributed by atoms with Crippen LogP contribution in [-0.4, -0.2) is 14.4 Å². The van der Waals surface area contributed by atoms with Crippen molar-refractivity contribution < 1.29 is 8.78 Å². The molecule has 2 aromatic carbocycles. The van der Waals surface area contributed by atoms with Crippen LogP contribution in [0.4, 0.5) is 14.6 Å². The van der Waals surface area contributed by atoms with E-state index in [2.05, 4.69) is 9.38 Å². The molecule has 2 aromatic heterocycles. The van der Waals surface area contributed by atoms with E-state index in [9.17, 15) is 8.78 Å². The summed E-state index contributed by atoms with van der Waals surface area (Å²) in [7, 11) is 0. The van der Waals surface area contributed by atoms with Crippen molar-refractivity contribution >= 4 is 11.3 Å². The highest BCUT2D eigenvalue weighted by atomic mass is 19.2. The van der Waals surface area contributed by atoms with Gasteiger partial charge in [-0.25, -0.2) is 18.7 Å². The molecule has 0 unspecified atom stereocenters. The van der Waals surface area contributed by atoms with E-state index in [-0.39, 0.29) is 0 Å². The Morgan fingerprint density at radius 1 is 1.07 bits per heavy atom. The number of fused-ring (bicyclic) bond motifs is 1. The summed E-state index contributed by atoms with van der Waals surface area (Å²) in [5.74, 6) is 0.316. The van der Waals surface area contributed by atoms with Gasteiger partial charge in [0.05, 0.1) is 0 Å². The van der Waals surface area contributed by atoms with Crippen molar-refractivity contribution in [1.29, 1.82) is 0 Å². The average Bonchev–Trinajstić information content (AvgIpc) is 3.05. The second-order valence-corrected chi connectivity index (χ2v) is 7.56. The molecule has 1 aliphatic rings. The van der Waals surface area contributed by atoms with Crippen LogP contribution >= 0.6 is 0 Å². The summed E-state index contributed by atoms with van der Waals surface area (Å²) in [6.07, 6.45) is 7.44. The number of aromatic nitrogens is 3. The third kappa shape index (κ3) is 3.05. The largest absolute Gasteiger partial charge is 0.382 e. The van der Waals surface area contributed by atoms with Crippen LogP contribution < -0.4 is 5.73 Å². The van der Waals surface area contributed by atoms with Crippen molar-refractivity contribution in [2.75, 3.05) is 5.73 Å². The molecule has 5 rings (SSSR count). The third-order valence-corrected chi connectivity index (χ3v) is 5.73. The Kier molecular flexibility index (Phi) is 4.27. The zero-order valence-corrected chi connectivity index (χ0v) is 15.8. The van der Waals surface area contributed by atoms with Crippen LogP contribution in [0.1, 0.15) is 42.1 Å². The highest BCUT2D eigenvalue weighted by Crippen LogP contribution is 2.39. The normalized spacial score (nSPS) is 14.3. The quantitative estimate of drug-likeness (QED) is 0.526. The molecular weight excluding hydrogens is 370 g/mol. The Balaban J connectivity index is 1.52. The summed E-state index contributed by atoms with van der Waals surface area (Å²) in [5.41, 5.74) is 9.97. The molecule has 0 saturated heterocycles. The zero-order valence-electron chi connectivity index (χ0n) is 15.8. The Morgan fingerprint density at radius 2 is 1.86 bits per heavy atom. The smallest absolute Gasteiger partial charge is 0.162 e. The van der Waals surface area contributed by atoms with Crippen LogP contribution in [-0.2, 0) is 6.42 Å². The molecule has 146 valence electrons. The lowest BCUT2D eigenvalue weighted by Gasteiger charge is -2.23. The molecule has 1 fully saturated rings. The molecule has 0 amide bonds.